The lowest BCUT2D eigenvalue weighted by molar-refractivity contribution is 0.175. The standard InChI is InChI=1S/C15H21ClN4/c1-17-8-12-4-6-19(7-5-12)10-14-11-20-9-13(16)2-3-15(20)18-14/h2-3,9,11-12,17H,4-8,10H2,1H3. The number of imidazole rings is 1. The molecular weight excluding hydrogens is 272 g/mol. The molecule has 2 aromatic heterocycles. The van der Waals surface area contributed by atoms with E-state index in [-0.39, 0.29) is 0 Å². The molecule has 4 nitrogen and oxygen atoms in total. The van der Waals surface area contributed by atoms with Gasteiger partial charge in [0.05, 0.1) is 10.7 Å². The number of piperidine rings is 1. The molecule has 3 rings (SSSR count). The lowest BCUT2D eigenvalue weighted by Gasteiger charge is -2.31. The van der Waals surface area contributed by atoms with E-state index in [0.29, 0.717) is 0 Å². The summed E-state index contributed by atoms with van der Waals surface area (Å²) in [5.41, 5.74) is 2.09. The second-order valence-electron chi connectivity index (χ2n) is 5.62. The summed E-state index contributed by atoms with van der Waals surface area (Å²) in [5.74, 6) is 0.830. The summed E-state index contributed by atoms with van der Waals surface area (Å²) in [6, 6.07) is 3.85. The Morgan fingerprint density at radius 3 is 2.85 bits per heavy atom. The Labute approximate surface area is 124 Å². The molecule has 0 aliphatic carbocycles. The number of hydrogen-bond donors (Lipinski definition) is 1. The highest BCUT2D eigenvalue weighted by Crippen LogP contribution is 2.19. The van der Waals surface area contributed by atoms with E-state index < -0.39 is 0 Å². The second-order valence-corrected chi connectivity index (χ2v) is 6.06. The van der Waals surface area contributed by atoms with E-state index in [1.807, 2.05) is 29.8 Å². The van der Waals surface area contributed by atoms with Gasteiger partial charge in [0.25, 0.3) is 0 Å². The fraction of sp³-hybridized carbons (Fsp3) is 0.533. The number of rotatable bonds is 4. The minimum Gasteiger partial charge on any atom is -0.319 e. The zero-order valence-electron chi connectivity index (χ0n) is 11.8. The normalized spacial score (nSPS) is 17.9. The van der Waals surface area contributed by atoms with Gasteiger partial charge in [-0.2, -0.15) is 0 Å². The Morgan fingerprint density at radius 2 is 2.10 bits per heavy atom. The van der Waals surface area contributed by atoms with Crippen LogP contribution in [0.15, 0.2) is 24.5 Å². The van der Waals surface area contributed by atoms with E-state index in [0.717, 1.165) is 35.4 Å². The molecule has 0 bridgehead atoms. The molecular formula is C15H21ClN4. The maximum Gasteiger partial charge on any atom is 0.137 e. The minimum atomic E-state index is 0.745. The van der Waals surface area contributed by atoms with E-state index in [4.69, 9.17) is 11.6 Å². The van der Waals surface area contributed by atoms with Crippen LogP contribution in [0.1, 0.15) is 18.5 Å². The lowest BCUT2D eigenvalue weighted by atomic mass is 9.97. The SMILES string of the molecule is CNCC1CCN(Cc2cn3cc(Cl)ccc3n2)CC1. The van der Waals surface area contributed by atoms with Crippen LogP contribution in [0.3, 0.4) is 0 Å². The van der Waals surface area contributed by atoms with Crippen molar-refractivity contribution in [2.24, 2.45) is 5.92 Å². The van der Waals surface area contributed by atoms with Gasteiger partial charge >= 0.3 is 0 Å². The van der Waals surface area contributed by atoms with Gasteiger partial charge in [0, 0.05) is 18.9 Å². The number of likely N-dealkylation sites (tertiary alicyclic amines) is 1. The second kappa shape index (κ2) is 6.12. The van der Waals surface area contributed by atoms with Crippen molar-refractivity contribution >= 4 is 17.2 Å². The Morgan fingerprint density at radius 1 is 1.30 bits per heavy atom. The average Bonchev–Trinajstić information content (AvgIpc) is 2.82. The first-order valence-electron chi connectivity index (χ1n) is 7.24. The third-order valence-electron chi connectivity index (χ3n) is 4.05. The largest absolute Gasteiger partial charge is 0.319 e. The summed E-state index contributed by atoms with van der Waals surface area (Å²) in [5, 5.41) is 4.02. The van der Waals surface area contributed by atoms with Gasteiger partial charge in [-0.05, 0) is 57.6 Å². The Hall–Kier alpha value is -1.10. The summed E-state index contributed by atoms with van der Waals surface area (Å²) < 4.78 is 2.01. The first-order valence-corrected chi connectivity index (χ1v) is 7.62. The molecule has 1 aliphatic rings. The summed E-state index contributed by atoms with van der Waals surface area (Å²) in [6.07, 6.45) is 6.55. The number of aromatic nitrogens is 2. The van der Waals surface area contributed by atoms with Crippen molar-refractivity contribution in [1.82, 2.24) is 19.6 Å². The predicted octanol–water partition coefficient (Wildman–Crippen LogP) is 2.42. The van der Waals surface area contributed by atoms with Crippen molar-refractivity contribution in [3.8, 4) is 0 Å². The van der Waals surface area contributed by atoms with Crippen LogP contribution >= 0.6 is 11.6 Å². The molecule has 108 valence electrons. The summed E-state index contributed by atoms with van der Waals surface area (Å²) in [7, 11) is 2.04. The first-order chi connectivity index (χ1) is 9.74. The molecule has 20 heavy (non-hydrogen) atoms. The molecule has 5 heteroatoms. The maximum absolute atomic E-state index is 6.00. The molecule has 2 aromatic rings. The molecule has 0 radical (unpaired) electrons. The molecule has 1 saturated heterocycles. The zero-order valence-corrected chi connectivity index (χ0v) is 12.6. The van der Waals surface area contributed by atoms with E-state index in [9.17, 15) is 0 Å². The first kappa shape index (κ1) is 13.9. The van der Waals surface area contributed by atoms with Crippen molar-refractivity contribution in [2.45, 2.75) is 19.4 Å². The van der Waals surface area contributed by atoms with Gasteiger partial charge < -0.3 is 9.72 Å². The van der Waals surface area contributed by atoms with E-state index in [2.05, 4.69) is 21.4 Å². The van der Waals surface area contributed by atoms with Crippen LogP contribution in [0.25, 0.3) is 5.65 Å². The molecule has 0 saturated carbocycles. The quantitative estimate of drug-likeness (QED) is 0.939. The minimum absolute atomic E-state index is 0.745. The van der Waals surface area contributed by atoms with Crippen LogP contribution in [-0.4, -0.2) is 41.0 Å². The van der Waals surface area contributed by atoms with Crippen molar-refractivity contribution in [2.75, 3.05) is 26.7 Å². The Bertz CT molecular complexity index is 572. The number of nitrogens with zero attached hydrogens (tertiary/aromatic N) is 3. The van der Waals surface area contributed by atoms with Gasteiger partial charge in [0.1, 0.15) is 5.65 Å². The van der Waals surface area contributed by atoms with Crippen molar-refractivity contribution in [3.05, 3.63) is 35.2 Å². The Balaban J connectivity index is 1.62. The molecule has 1 aliphatic heterocycles. The topological polar surface area (TPSA) is 32.6 Å². The molecule has 1 N–H and O–H groups in total. The van der Waals surface area contributed by atoms with E-state index >= 15 is 0 Å². The van der Waals surface area contributed by atoms with Gasteiger partial charge in [-0.3, -0.25) is 4.90 Å². The fourth-order valence-electron chi connectivity index (χ4n) is 2.96. The van der Waals surface area contributed by atoms with Gasteiger partial charge in [0.15, 0.2) is 0 Å². The third-order valence-corrected chi connectivity index (χ3v) is 4.27. The summed E-state index contributed by atoms with van der Waals surface area (Å²) in [6.45, 7) is 4.41. The van der Waals surface area contributed by atoms with Crippen LogP contribution in [-0.2, 0) is 6.54 Å². The number of fused-ring (bicyclic) bond motifs is 1. The molecule has 0 amide bonds. The van der Waals surface area contributed by atoms with Crippen LogP contribution in [0.2, 0.25) is 5.02 Å². The van der Waals surface area contributed by atoms with Gasteiger partial charge in [-0.25, -0.2) is 4.98 Å². The van der Waals surface area contributed by atoms with E-state index in [1.54, 1.807) is 0 Å². The Kier molecular flexibility index (Phi) is 4.24. The number of pyridine rings is 1. The molecule has 0 spiro atoms. The smallest absolute Gasteiger partial charge is 0.137 e. The molecule has 0 unspecified atom stereocenters. The van der Waals surface area contributed by atoms with Gasteiger partial charge in [-0.15, -0.1) is 0 Å². The summed E-state index contributed by atoms with van der Waals surface area (Å²) in [4.78, 5) is 7.15. The highest BCUT2D eigenvalue weighted by molar-refractivity contribution is 6.30. The van der Waals surface area contributed by atoms with Crippen molar-refractivity contribution in [1.29, 1.82) is 0 Å². The van der Waals surface area contributed by atoms with Crippen molar-refractivity contribution < 1.29 is 0 Å². The number of hydrogen-bond acceptors (Lipinski definition) is 3. The highest BCUT2D eigenvalue weighted by atomic mass is 35.5. The van der Waals surface area contributed by atoms with Crippen molar-refractivity contribution in [3.63, 3.8) is 0 Å². The number of nitrogens with one attached hydrogen (secondary N) is 1. The third kappa shape index (κ3) is 3.14. The molecule has 3 heterocycles. The van der Waals surface area contributed by atoms with Crippen LogP contribution in [0.4, 0.5) is 0 Å². The van der Waals surface area contributed by atoms with Gasteiger partial charge in [-0.1, -0.05) is 11.6 Å². The van der Waals surface area contributed by atoms with Crippen LogP contribution in [0.5, 0.6) is 0 Å². The molecule has 1 fully saturated rings. The summed E-state index contributed by atoms with van der Waals surface area (Å²) >= 11 is 6.00. The van der Waals surface area contributed by atoms with E-state index in [1.165, 1.54) is 25.9 Å². The van der Waals surface area contributed by atoms with Gasteiger partial charge in [0.2, 0.25) is 0 Å². The van der Waals surface area contributed by atoms with Crippen LogP contribution in [0, 0.1) is 5.92 Å². The average molecular weight is 293 g/mol. The lowest BCUT2D eigenvalue weighted by Crippen LogP contribution is -2.36. The maximum atomic E-state index is 6.00. The molecule has 0 atom stereocenters. The number of halogens is 1. The zero-order chi connectivity index (χ0) is 13.9. The predicted molar refractivity (Wildman–Crippen MR) is 82.1 cm³/mol. The monoisotopic (exact) mass is 292 g/mol. The fourth-order valence-corrected chi connectivity index (χ4v) is 3.13. The molecule has 0 aromatic carbocycles. The van der Waals surface area contributed by atoms with Crippen LogP contribution < -0.4 is 5.32 Å². The highest BCUT2D eigenvalue weighted by Gasteiger charge is 2.19.